The molecule has 1 aromatic rings. The highest BCUT2D eigenvalue weighted by Gasteiger charge is 2.17. The normalized spacial score (nSPS) is 14.7. The van der Waals surface area contributed by atoms with Crippen LogP contribution in [0.4, 0.5) is 5.82 Å². The fraction of sp³-hybridized carbons (Fsp3) is 0.724. The van der Waals surface area contributed by atoms with Crippen LogP contribution < -0.4 is 5.32 Å². The molecule has 0 spiro atoms. The Morgan fingerprint density at radius 3 is 2.24 bits per heavy atom. The highest BCUT2D eigenvalue weighted by molar-refractivity contribution is 7.99. The number of nitrogens with zero attached hydrogens (tertiary/aromatic N) is 1. The van der Waals surface area contributed by atoms with Crippen LogP contribution in [0.25, 0.3) is 0 Å². The summed E-state index contributed by atoms with van der Waals surface area (Å²) in [6.07, 6.45) is 14.2. The van der Waals surface area contributed by atoms with Crippen LogP contribution in [-0.2, 0) is 4.79 Å². The number of hydrogen-bond acceptors (Lipinski definition) is 4. The molecule has 0 aliphatic carbocycles. The van der Waals surface area contributed by atoms with Gasteiger partial charge in [-0.3, -0.25) is 0 Å². The summed E-state index contributed by atoms with van der Waals surface area (Å²) in [5.41, 5.74) is 2.29. The lowest BCUT2D eigenvalue weighted by molar-refractivity contribution is -0.137. The molecule has 3 unspecified atom stereocenters. The van der Waals surface area contributed by atoms with Crippen molar-refractivity contribution in [2.24, 2.45) is 17.8 Å². The molecule has 34 heavy (non-hydrogen) atoms. The third kappa shape index (κ3) is 15.4. The number of carboxylic acid groups (broad SMARTS) is 1. The Morgan fingerprint density at radius 2 is 1.65 bits per heavy atom. The Hall–Kier alpha value is -1.49. The maximum absolute atomic E-state index is 11.6. The van der Waals surface area contributed by atoms with Crippen LogP contribution in [0.15, 0.2) is 29.8 Å². The van der Waals surface area contributed by atoms with Gasteiger partial charge in [0.05, 0.1) is 0 Å². The van der Waals surface area contributed by atoms with E-state index >= 15 is 0 Å². The Labute approximate surface area is 213 Å². The molecular formula is C29H50N2O2S. The number of hydrogen-bond donors (Lipinski definition) is 2. The van der Waals surface area contributed by atoms with Gasteiger partial charge in [-0.25, -0.2) is 9.78 Å². The smallest absolute Gasteiger partial charge is 0.327 e. The molecule has 194 valence electrons. The van der Waals surface area contributed by atoms with Crippen LogP contribution >= 0.6 is 11.8 Å². The van der Waals surface area contributed by atoms with Crippen LogP contribution in [0.5, 0.6) is 0 Å². The number of pyridine rings is 1. The molecule has 0 bridgehead atoms. The van der Waals surface area contributed by atoms with Crippen molar-refractivity contribution in [3.8, 4) is 0 Å². The lowest BCUT2D eigenvalue weighted by atomic mass is 9.91. The van der Waals surface area contributed by atoms with Crippen molar-refractivity contribution in [3.63, 3.8) is 0 Å². The van der Waals surface area contributed by atoms with E-state index in [1.54, 1.807) is 11.8 Å². The number of allylic oxidation sites excluding steroid dienone is 1. The first-order valence-electron chi connectivity index (χ1n) is 13.3. The van der Waals surface area contributed by atoms with Gasteiger partial charge >= 0.3 is 5.97 Å². The average molecular weight is 491 g/mol. The summed E-state index contributed by atoms with van der Waals surface area (Å²) in [6.45, 7) is 13.6. The number of nitrogens with one attached hydrogen (secondary N) is 1. The summed E-state index contributed by atoms with van der Waals surface area (Å²) in [5, 5.41) is 12.6. The Kier molecular flexibility index (Phi) is 16.1. The van der Waals surface area contributed by atoms with E-state index in [0.29, 0.717) is 11.6 Å². The number of aromatic nitrogens is 1. The molecule has 5 heteroatoms. The van der Waals surface area contributed by atoms with Gasteiger partial charge in [0, 0.05) is 17.2 Å². The zero-order chi connectivity index (χ0) is 25.3. The van der Waals surface area contributed by atoms with E-state index in [0.717, 1.165) is 35.6 Å². The molecule has 0 radical (unpaired) electrons. The highest BCUT2D eigenvalue weighted by atomic mass is 32.2. The van der Waals surface area contributed by atoms with Crippen LogP contribution in [0.2, 0.25) is 0 Å². The third-order valence-corrected chi connectivity index (χ3v) is 7.45. The number of thioether (sulfide) groups is 1. The van der Waals surface area contributed by atoms with Crippen molar-refractivity contribution >= 4 is 23.5 Å². The molecule has 1 rings (SSSR count). The van der Waals surface area contributed by atoms with E-state index in [-0.39, 0.29) is 0 Å². The number of carboxylic acids is 1. The van der Waals surface area contributed by atoms with Gasteiger partial charge in [0.15, 0.2) is 0 Å². The molecule has 0 amide bonds. The number of anilines is 1. The highest BCUT2D eigenvalue weighted by Crippen LogP contribution is 2.22. The molecular weight excluding hydrogens is 440 g/mol. The minimum absolute atomic E-state index is 0.516. The minimum Gasteiger partial charge on any atom is -0.480 e. The van der Waals surface area contributed by atoms with Gasteiger partial charge in [-0.15, -0.1) is 0 Å². The second kappa shape index (κ2) is 17.9. The zero-order valence-corrected chi connectivity index (χ0v) is 23.4. The van der Waals surface area contributed by atoms with Crippen molar-refractivity contribution in [1.29, 1.82) is 0 Å². The summed E-state index contributed by atoms with van der Waals surface area (Å²) in [5.74, 6) is 3.67. The van der Waals surface area contributed by atoms with Crippen molar-refractivity contribution in [1.82, 2.24) is 4.98 Å². The lowest BCUT2D eigenvalue weighted by Crippen LogP contribution is -2.32. The third-order valence-electron chi connectivity index (χ3n) is 6.48. The lowest BCUT2D eigenvalue weighted by Gasteiger charge is -2.15. The topological polar surface area (TPSA) is 62.2 Å². The maximum atomic E-state index is 11.6. The van der Waals surface area contributed by atoms with Gasteiger partial charge in [-0.05, 0) is 56.6 Å². The van der Waals surface area contributed by atoms with Crippen molar-refractivity contribution in [2.75, 3.05) is 16.8 Å². The average Bonchev–Trinajstić information content (AvgIpc) is 2.75. The molecule has 4 nitrogen and oxygen atoms in total. The largest absolute Gasteiger partial charge is 0.480 e. The molecule has 3 atom stereocenters. The van der Waals surface area contributed by atoms with E-state index in [1.165, 1.54) is 56.9 Å². The van der Waals surface area contributed by atoms with Crippen LogP contribution in [0, 0.1) is 24.7 Å². The fourth-order valence-electron chi connectivity index (χ4n) is 4.17. The molecule has 1 aromatic heterocycles. The van der Waals surface area contributed by atoms with Gasteiger partial charge in [-0.2, -0.15) is 11.8 Å². The minimum atomic E-state index is -0.838. The van der Waals surface area contributed by atoms with Gasteiger partial charge in [0.25, 0.3) is 0 Å². The van der Waals surface area contributed by atoms with Crippen molar-refractivity contribution < 1.29 is 9.90 Å². The molecule has 0 aliphatic heterocycles. The summed E-state index contributed by atoms with van der Waals surface area (Å²) in [6, 6.07) is 4.97. The SMILES string of the molecule is C/C(=C\CSCC(Nc1cccc(C)n1)C(=O)O)CCCC(C)CCCC(C)CCCC(C)C. The summed E-state index contributed by atoms with van der Waals surface area (Å²) in [7, 11) is 0. The standard InChI is InChI=1S/C29H50N2O2S/c1-22(2)11-7-12-23(3)13-8-14-24(4)15-9-16-25(5)19-20-34-21-27(29(32)33)31-28-18-10-17-26(6)30-28/h10,17-19,22-24,27H,7-9,11-16,20-21H2,1-6H3,(H,30,31)(H,32,33)/b25-19+. The van der Waals surface area contributed by atoms with E-state index in [4.69, 9.17) is 0 Å². The van der Waals surface area contributed by atoms with Crippen LogP contribution in [0.1, 0.15) is 98.1 Å². The predicted octanol–water partition coefficient (Wildman–Crippen LogP) is 8.37. The number of rotatable bonds is 19. The van der Waals surface area contributed by atoms with Gasteiger partial charge in [-0.1, -0.05) is 90.4 Å². The van der Waals surface area contributed by atoms with Gasteiger partial charge in [0.2, 0.25) is 0 Å². The molecule has 2 N–H and O–H groups in total. The maximum Gasteiger partial charge on any atom is 0.327 e. The molecule has 0 aromatic carbocycles. The Morgan fingerprint density at radius 1 is 1.03 bits per heavy atom. The van der Waals surface area contributed by atoms with Gasteiger partial charge in [0.1, 0.15) is 11.9 Å². The van der Waals surface area contributed by atoms with Crippen molar-refractivity contribution in [3.05, 3.63) is 35.5 Å². The molecule has 0 aliphatic rings. The Balaban J connectivity index is 2.17. The monoisotopic (exact) mass is 490 g/mol. The first kappa shape index (κ1) is 30.5. The quantitative estimate of drug-likeness (QED) is 0.151. The Bertz CT molecular complexity index is 720. The van der Waals surface area contributed by atoms with E-state index in [9.17, 15) is 9.90 Å². The fourth-order valence-corrected chi connectivity index (χ4v) is 5.17. The first-order valence-corrected chi connectivity index (χ1v) is 14.5. The first-order chi connectivity index (χ1) is 16.2. The van der Waals surface area contributed by atoms with E-state index in [2.05, 4.69) is 51.0 Å². The predicted molar refractivity (Wildman–Crippen MR) is 150 cm³/mol. The van der Waals surface area contributed by atoms with Crippen LogP contribution in [-0.4, -0.2) is 33.6 Å². The van der Waals surface area contributed by atoms with Gasteiger partial charge < -0.3 is 10.4 Å². The number of aliphatic carboxylic acids is 1. The van der Waals surface area contributed by atoms with E-state index in [1.807, 2.05) is 25.1 Å². The number of aryl methyl sites for hydroxylation is 1. The van der Waals surface area contributed by atoms with E-state index < -0.39 is 12.0 Å². The summed E-state index contributed by atoms with van der Waals surface area (Å²) < 4.78 is 0. The molecule has 0 fully saturated rings. The zero-order valence-electron chi connectivity index (χ0n) is 22.6. The number of carbonyl (C=O) groups is 1. The second-order valence-electron chi connectivity index (χ2n) is 10.6. The summed E-state index contributed by atoms with van der Waals surface area (Å²) >= 11 is 1.65. The second-order valence-corrected chi connectivity index (χ2v) is 11.7. The molecule has 1 heterocycles. The van der Waals surface area contributed by atoms with Crippen molar-refractivity contribution in [2.45, 2.75) is 105 Å². The summed E-state index contributed by atoms with van der Waals surface area (Å²) in [4.78, 5) is 15.9. The molecule has 0 saturated carbocycles. The molecule has 0 saturated heterocycles. The van der Waals surface area contributed by atoms with Crippen LogP contribution in [0.3, 0.4) is 0 Å².